The molecule has 3 nitrogen and oxygen atoms in total. The summed E-state index contributed by atoms with van der Waals surface area (Å²) in [7, 11) is 2.17. The summed E-state index contributed by atoms with van der Waals surface area (Å²) in [5.74, 6) is 0. The molecule has 3 heteroatoms. The molecule has 0 aromatic heterocycles. The van der Waals surface area contributed by atoms with Crippen LogP contribution in [0, 0.1) is 10.8 Å². The molecule has 0 aromatic carbocycles. The average molecular weight is 214 g/mol. The van der Waals surface area contributed by atoms with Gasteiger partial charge in [-0.15, -0.1) is 0 Å². The molecule has 90 valence electrons. The average Bonchev–Trinajstić information content (AvgIpc) is 2.27. The van der Waals surface area contributed by atoms with Gasteiger partial charge in [0, 0.05) is 24.5 Å². The van der Waals surface area contributed by atoms with Gasteiger partial charge < -0.3 is 15.4 Å². The van der Waals surface area contributed by atoms with Gasteiger partial charge in [-0.25, -0.2) is 0 Å². The van der Waals surface area contributed by atoms with E-state index in [-0.39, 0.29) is 11.5 Å². The van der Waals surface area contributed by atoms with Crippen molar-refractivity contribution < 1.29 is 4.74 Å². The molecule has 2 unspecified atom stereocenters. The quantitative estimate of drug-likeness (QED) is 0.770. The zero-order valence-corrected chi connectivity index (χ0v) is 10.8. The molecule has 1 aliphatic heterocycles. The standard InChI is InChI=1S/C12H26N2O/c1-11(2,3)7-14(5)8-12(4)9-15-6-10(12)13/h10H,6-9,13H2,1-5H3. The zero-order chi connectivity index (χ0) is 11.7. The van der Waals surface area contributed by atoms with E-state index in [1.807, 2.05) is 0 Å². The SMILES string of the molecule is CN(CC(C)(C)C)CC1(C)COCC1N. The Morgan fingerprint density at radius 2 is 2.07 bits per heavy atom. The Balaban J connectivity index is 2.47. The summed E-state index contributed by atoms with van der Waals surface area (Å²) in [6.07, 6.45) is 0. The minimum atomic E-state index is 0.125. The third-order valence-corrected chi connectivity index (χ3v) is 3.00. The van der Waals surface area contributed by atoms with Crippen molar-refractivity contribution in [1.82, 2.24) is 4.90 Å². The van der Waals surface area contributed by atoms with Crippen molar-refractivity contribution in [3.63, 3.8) is 0 Å². The molecule has 0 saturated carbocycles. The van der Waals surface area contributed by atoms with Gasteiger partial charge >= 0.3 is 0 Å². The monoisotopic (exact) mass is 214 g/mol. The highest BCUT2D eigenvalue weighted by Crippen LogP contribution is 2.28. The second kappa shape index (κ2) is 4.40. The highest BCUT2D eigenvalue weighted by atomic mass is 16.5. The highest BCUT2D eigenvalue weighted by molar-refractivity contribution is 4.92. The van der Waals surface area contributed by atoms with Gasteiger partial charge in [-0.2, -0.15) is 0 Å². The topological polar surface area (TPSA) is 38.5 Å². The molecule has 0 radical (unpaired) electrons. The molecule has 0 aromatic rings. The fourth-order valence-electron chi connectivity index (χ4n) is 2.37. The molecule has 0 bridgehead atoms. The van der Waals surface area contributed by atoms with Gasteiger partial charge in [0.05, 0.1) is 13.2 Å². The van der Waals surface area contributed by atoms with E-state index in [4.69, 9.17) is 10.5 Å². The van der Waals surface area contributed by atoms with Crippen LogP contribution in [0.1, 0.15) is 27.7 Å². The Hall–Kier alpha value is -0.120. The van der Waals surface area contributed by atoms with Crippen LogP contribution in [0.15, 0.2) is 0 Å². The summed E-state index contributed by atoms with van der Waals surface area (Å²) in [6, 6.07) is 0.180. The molecule has 0 aliphatic carbocycles. The van der Waals surface area contributed by atoms with Crippen LogP contribution in [0.5, 0.6) is 0 Å². The summed E-state index contributed by atoms with van der Waals surface area (Å²) in [4.78, 5) is 2.37. The van der Waals surface area contributed by atoms with Gasteiger partial charge in [0.25, 0.3) is 0 Å². The van der Waals surface area contributed by atoms with Crippen LogP contribution >= 0.6 is 0 Å². The van der Waals surface area contributed by atoms with E-state index < -0.39 is 0 Å². The molecule has 1 aliphatic rings. The molecule has 1 heterocycles. The third-order valence-electron chi connectivity index (χ3n) is 3.00. The van der Waals surface area contributed by atoms with Crippen molar-refractivity contribution in [3.8, 4) is 0 Å². The summed E-state index contributed by atoms with van der Waals surface area (Å²) in [5.41, 5.74) is 6.54. The molecule has 0 spiro atoms. The van der Waals surface area contributed by atoms with Gasteiger partial charge in [-0.05, 0) is 12.5 Å². The van der Waals surface area contributed by atoms with Gasteiger partial charge in [-0.3, -0.25) is 0 Å². The minimum absolute atomic E-state index is 0.125. The molecule has 0 amide bonds. The lowest BCUT2D eigenvalue weighted by molar-refractivity contribution is 0.114. The number of rotatable bonds is 3. The van der Waals surface area contributed by atoms with E-state index in [9.17, 15) is 0 Å². The second-order valence-corrected chi connectivity index (χ2v) is 6.51. The van der Waals surface area contributed by atoms with E-state index in [2.05, 4.69) is 39.6 Å². The maximum absolute atomic E-state index is 6.07. The van der Waals surface area contributed by atoms with Gasteiger partial charge in [0.15, 0.2) is 0 Å². The van der Waals surface area contributed by atoms with Gasteiger partial charge in [-0.1, -0.05) is 27.7 Å². The Labute approximate surface area is 94.0 Å². The molecule has 1 fully saturated rings. The number of nitrogens with two attached hydrogens (primary N) is 1. The second-order valence-electron chi connectivity index (χ2n) is 6.51. The third kappa shape index (κ3) is 3.74. The van der Waals surface area contributed by atoms with Crippen LogP contribution in [-0.2, 0) is 4.74 Å². The Bertz CT molecular complexity index is 212. The molecule has 1 rings (SSSR count). The van der Waals surface area contributed by atoms with E-state index in [1.165, 1.54) is 0 Å². The Morgan fingerprint density at radius 3 is 2.47 bits per heavy atom. The van der Waals surface area contributed by atoms with Crippen LogP contribution in [0.4, 0.5) is 0 Å². The number of hydrogen-bond acceptors (Lipinski definition) is 3. The number of ether oxygens (including phenoxy) is 1. The fourth-order valence-corrected chi connectivity index (χ4v) is 2.37. The summed E-state index contributed by atoms with van der Waals surface area (Å²) < 4.78 is 5.45. The Morgan fingerprint density at radius 1 is 1.47 bits per heavy atom. The van der Waals surface area contributed by atoms with E-state index in [1.54, 1.807) is 0 Å². The molecular weight excluding hydrogens is 188 g/mol. The lowest BCUT2D eigenvalue weighted by atomic mass is 9.84. The van der Waals surface area contributed by atoms with Crippen LogP contribution in [0.2, 0.25) is 0 Å². The number of nitrogens with zero attached hydrogens (tertiary/aromatic N) is 1. The summed E-state index contributed by atoms with van der Waals surface area (Å²) in [5, 5.41) is 0. The largest absolute Gasteiger partial charge is 0.379 e. The molecular formula is C12H26N2O. The predicted octanol–water partition coefficient (Wildman–Crippen LogP) is 1.33. The first kappa shape index (κ1) is 12.9. The van der Waals surface area contributed by atoms with E-state index in [0.717, 1.165) is 19.7 Å². The van der Waals surface area contributed by atoms with E-state index in [0.29, 0.717) is 12.0 Å². The summed E-state index contributed by atoms with van der Waals surface area (Å²) in [6.45, 7) is 12.6. The first-order chi connectivity index (χ1) is 6.73. The Kier molecular flexibility index (Phi) is 3.80. The van der Waals surface area contributed by atoms with Crippen LogP contribution in [-0.4, -0.2) is 44.3 Å². The van der Waals surface area contributed by atoms with E-state index >= 15 is 0 Å². The van der Waals surface area contributed by atoms with Crippen LogP contribution < -0.4 is 5.73 Å². The van der Waals surface area contributed by atoms with Gasteiger partial charge in [0.2, 0.25) is 0 Å². The highest BCUT2D eigenvalue weighted by Gasteiger charge is 2.38. The summed E-state index contributed by atoms with van der Waals surface area (Å²) >= 11 is 0. The van der Waals surface area contributed by atoms with Gasteiger partial charge in [0.1, 0.15) is 0 Å². The van der Waals surface area contributed by atoms with Crippen molar-refractivity contribution in [3.05, 3.63) is 0 Å². The van der Waals surface area contributed by atoms with Crippen LogP contribution in [0.25, 0.3) is 0 Å². The molecule has 2 N–H and O–H groups in total. The molecule has 15 heavy (non-hydrogen) atoms. The predicted molar refractivity (Wildman–Crippen MR) is 63.9 cm³/mol. The first-order valence-corrected chi connectivity index (χ1v) is 5.75. The normalized spacial score (nSPS) is 32.6. The lowest BCUT2D eigenvalue weighted by Gasteiger charge is -2.35. The maximum Gasteiger partial charge on any atom is 0.0624 e. The van der Waals surface area contributed by atoms with Crippen molar-refractivity contribution in [1.29, 1.82) is 0 Å². The van der Waals surface area contributed by atoms with Crippen LogP contribution in [0.3, 0.4) is 0 Å². The zero-order valence-electron chi connectivity index (χ0n) is 10.8. The maximum atomic E-state index is 6.07. The molecule has 2 atom stereocenters. The number of hydrogen-bond donors (Lipinski definition) is 1. The smallest absolute Gasteiger partial charge is 0.0624 e. The van der Waals surface area contributed by atoms with Crippen molar-refractivity contribution in [2.45, 2.75) is 33.7 Å². The fraction of sp³-hybridized carbons (Fsp3) is 1.00. The van der Waals surface area contributed by atoms with Crippen molar-refractivity contribution in [2.75, 3.05) is 33.4 Å². The minimum Gasteiger partial charge on any atom is -0.379 e. The van der Waals surface area contributed by atoms with Crippen molar-refractivity contribution in [2.24, 2.45) is 16.6 Å². The first-order valence-electron chi connectivity index (χ1n) is 5.75. The molecule has 1 saturated heterocycles. The lowest BCUT2D eigenvalue weighted by Crippen LogP contribution is -2.47. The van der Waals surface area contributed by atoms with Crippen molar-refractivity contribution >= 4 is 0 Å².